The smallest absolute Gasteiger partial charge is 0.329 e. The largest absolute Gasteiger partial charge is 0.484 e. The van der Waals surface area contributed by atoms with Gasteiger partial charge in [-0.3, -0.25) is 14.4 Å². The standard InChI is InChI=1S/C24H21FN4O4/c1-16-5-9-20(10-6-16)28-23(31)24(32)29-26-14-17-3-2-4-21(13-17)33-15-22(30)27-19-11-7-18(25)8-12-19/h2-14H,15H2,1H3,(H,27,30)(H,28,31)(H,29,32)/b26-14-. The van der Waals surface area contributed by atoms with Crippen molar-refractivity contribution in [3.05, 3.63) is 89.7 Å². The summed E-state index contributed by atoms with van der Waals surface area (Å²) in [6, 6.07) is 19.0. The highest BCUT2D eigenvalue weighted by Gasteiger charge is 2.12. The monoisotopic (exact) mass is 448 g/mol. The van der Waals surface area contributed by atoms with Crippen molar-refractivity contribution in [2.45, 2.75) is 6.92 Å². The van der Waals surface area contributed by atoms with E-state index >= 15 is 0 Å². The molecule has 0 aliphatic rings. The molecule has 0 bridgehead atoms. The number of aryl methyl sites for hydroxylation is 1. The van der Waals surface area contributed by atoms with Crippen LogP contribution in [-0.2, 0) is 14.4 Å². The molecule has 0 spiro atoms. The predicted octanol–water partition coefficient (Wildman–Crippen LogP) is 3.24. The van der Waals surface area contributed by atoms with Crippen molar-refractivity contribution >= 4 is 35.3 Å². The molecule has 0 aliphatic heterocycles. The molecule has 33 heavy (non-hydrogen) atoms. The van der Waals surface area contributed by atoms with Gasteiger partial charge in [-0.1, -0.05) is 29.8 Å². The summed E-state index contributed by atoms with van der Waals surface area (Å²) in [5.41, 5.74) is 4.70. The van der Waals surface area contributed by atoms with Crippen LogP contribution in [-0.4, -0.2) is 30.5 Å². The predicted molar refractivity (Wildman–Crippen MR) is 123 cm³/mol. The van der Waals surface area contributed by atoms with Crippen LogP contribution in [0.1, 0.15) is 11.1 Å². The van der Waals surface area contributed by atoms with E-state index in [1.807, 2.05) is 19.1 Å². The molecule has 0 saturated heterocycles. The molecule has 0 aliphatic carbocycles. The molecule has 8 nitrogen and oxygen atoms in total. The molecular weight excluding hydrogens is 427 g/mol. The zero-order chi connectivity index (χ0) is 23.6. The summed E-state index contributed by atoms with van der Waals surface area (Å²) < 4.78 is 18.4. The maximum absolute atomic E-state index is 12.9. The van der Waals surface area contributed by atoms with Gasteiger partial charge in [0.05, 0.1) is 6.21 Å². The number of halogens is 1. The topological polar surface area (TPSA) is 109 Å². The van der Waals surface area contributed by atoms with Gasteiger partial charge in [-0.25, -0.2) is 9.82 Å². The lowest BCUT2D eigenvalue weighted by Crippen LogP contribution is -2.32. The summed E-state index contributed by atoms with van der Waals surface area (Å²) in [5, 5.41) is 8.83. The van der Waals surface area contributed by atoms with E-state index in [1.54, 1.807) is 36.4 Å². The number of nitrogens with zero attached hydrogens (tertiary/aromatic N) is 1. The average Bonchev–Trinajstić information content (AvgIpc) is 2.81. The summed E-state index contributed by atoms with van der Waals surface area (Å²) in [6.45, 7) is 1.66. The molecule has 3 rings (SSSR count). The van der Waals surface area contributed by atoms with E-state index in [0.29, 0.717) is 22.7 Å². The first-order chi connectivity index (χ1) is 15.9. The van der Waals surface area contributed by atoms with E-state index in [4.69, 9.17) is 4.74 Å². The van der Waals surface area contributed by atoms with E-state index < -0.39 is 23.5 Å². The van der Waals surface area contributed by atoms with Gasteiger partial charge in [0.2, 0.25) is 0 Å². The molecule has 0 aromatic heterocycles. The fraction of sp³-hybridized carbons (Fsp3) is 0.0833. The van der Waals surface area contributed by atoms with E-state index in [1.165, 1.54) is 30.5 Å². The highest BCUT2D eigenvalue weighted by atomic mass is 19.1. The number of benzene rings is 3. The number of nitrogens with one attached hydrogen (secondary N) is 3. The van der Waals surface area contributed by atoms with Crippen molar-refractivity contribution in [2.75, 3.05) is 17.2 Å². The summed E-state index contributed by atoms with van der Waals surface area (Å²) in [5.74, 6) is -2.17. The Labute approximate surface area is 189 Å². The summed E-state index contributed by atoms with van der Waals surface area (Å²) in [4.78, 5) is 35.8. The molecule has 0 saturated carbocycles. The Morgan fingerprint density at radius 3 is 2.30 bits per heavy atom. The van der Waals surface area contributed by atoms with Crippen LogP contribution in [0.5, 0.6) is 5.75 Å². The summed E-state index contributed by atoms with van der Waals surface area (Å²) in [6.07, 6.45) is 1.34. The Balaban J connectivity index is 1.47. The number of hydrogen-bond donors (Lipinski definition) is 3. The molecular formula is C24H21FN4O4. The Morgan fingerprint density at radius 1 is 0.909 bits per heavy atom. The molecule has 0 atom stereocenters. The van der Waals surface area contributed by atoms with Gasteiger partial charge in [0.25, 0.3) is 5.91 Å². The molecule has 9 heteroatoms. The maximum atomic E-state index is 12.9. The van der Waals surface area contributed by atoms with Gasteiger partial charge in [0.15, 0.2) is 6.61 Å². The number of carbonyl (C=O) groups is 3. The van der Waals surface area contributed by atoms with Crippen LogP contribution in [0.15, 0.2) is 77.9 Å². The maximum Gasteiger partial charge on any atom is 0.329 e. The van der Waals surface area contributed by atoms with Crippen LogP contribution >= 0.6 is 0 Å². The molecule has 168 valence electrons. The average molecular weight is 448 g/mol. The van der Waals surface area contributed by atoms with Crippen molar-refractivity contribution in [1.29, 1.82) is 0 Å². The first kappa shape index (κ1) is 23.1. The van der Waals surface area contributed by atoms with Crippen molar-refractivity contribution < 1.29 is 23.5 Å². The SMILES string of the molecule is Cc1ccc(NC(=O)C(=O)N/N=C\c2cccc(OCC(=O)Nc3ccc(F)cc3)c2)cc1. The van der Waals surface area contributed by atoms with Crippen molar-refractivity contribution in [2.24, 2.45) is 5.10 Å². The van der Waals surface area contributed by atoms with Crippen molar-refractivity contribution in [1.82, 2.24) is 5.43 Å². The molecule has 3 aromatic rings. The number of carbonyl (C=O) groups excluding carboxylic acids is 3. The number of anilines is 2. The van der Waals surface area contributed by atoms with Gasteiger partial charge in [-0.15, -0.1) is 0 Å². The van der Waals surface area contributed by atoms with Crippen LogP contribution < -0.4 is 20.8 Å². The molecule has 0 fully saturated rings. The third kappa shape index (κ3) is 7.59. The second-order valence-electron chi connectivity index (χ2n) is 6.94. The first-order valence-corrected chi connectivity index (χ1v) is 9.88. The van der Waals surface area contributed by atoms with E-state index in [-0.39, 0.29) is 6.61 Å². The highest BCUT2D eigenvalue weighted by molar-refractivity contribution is 6.39. The zero-order valence-electron chi connectivity index (χ0n) is 17.7. The lowest BCUT2D eigenvalue weighted by Gasteiger charge is -2.08. The Bertz CT molecular complexity index is 1160. The summed E-state index contributed by atoms with van der Waals surface area (Å²) >= 11 is 0. The fourth-order valence-corrected chi connectivity index (χ4v) is 2.60. The van der Waals surface area contributed by atoms with E-state index in [9.17, 15) is 18.8 Å². The minimum absolute atomic E-state index is 0.256. The highest BCUT2D eigenvalue weighted by Crippen LogP contribution is 2.13. The molecule has 3 aromatic carbocycles. The molecule has 0 radical (unpaired) electrons. The van der Waals surface area contributed by atoms with Gasteiger partial charge in [-0.2, -0.15) is 5.10 Å². The lowest BCUT2D eigenvalue weighted by molar-refractivity contribution is -0.136. The molecule has 3 amide bonds. The van der Waals surface area contributed by atoms with Gasteiger partial charge < -0.3 is 15.4 Å². The van der Waals surface area contributed by atoms with Crippen LogP contribution in [0, 0.1) is 12.7 Å². The minimum atomic E-state index is -0.920. The van der Waals surface area contributed by atoms with Crippen molar-refractivity contribution in [3.63, 3.8) is 0 Å². The van der Waals surface area contributed by atoms with E-state index in [0.717, 1.165) is 5.56 Å². The fourth-order valence-electron chi connectivity index (χ4n) is 2.60. The van der Waals surface area contributed by atoms with Crippen LogP contribution in [0.3, 0.4) is 0 Å². The third-order valence-corrected chi connectivity index (χ3v) is 4.25. The quantitative estimate of drug-likeness (QED) is 0.293. The third-order valence-electron chi connectivity index (χ3n) is 4.25. The number of hydrogen-bond acceptors (Lipinski definition) is 5. The van der Waals surface area contributed by atoms with Gasteiger partial charge in [0.1, 0.15) is 11.6 Å². The number of ether oxygens (including phenoxy) is 1. The number of rotatable bonds is 7. The molecule has 0 unspecified atom stereocenters. The second kappa shape index (κ2) is 11.2. The van der Waals surface area contributed by atoms with Gasteiger partial charge in [0, 0.05) is 11.4 Å². The zero-order valence-corrected chi connectivity index (χ0v) is 17.7. The summed E-state index contributed by atoms with van der Waals surface area (Å²) in [7, 11) is 0. The number of amides is 3. The van der Waals surface area contributed by atoms with Gasteiger partial charge >= 0.3 is 11.8 Å². The van der Waals surface area contributed by atoms with Crippen LogP contribution in [0.4, 0.5) is 15.8 Å². The van der Waals surface area contributed by atoms with E-state index in [2.05, 4.69) is 21.2 Å². The van der Waals surface area contributed by atoms with Gasteiger partial charge in [-0.05, 0) is 61.0 Å². The molecule has 0 heterocycles. The Hall–Kier alpha value is -4.53. The lowest BCUT2D eigenvalue weighted by atomic mass is 10.2. The number of hydrazone groups is 1. The minimum Gasteiger partial charge on any atom is -0.484 e. The Morgan fingerprint density at radius 2 is 1.58 bits per heavy atom. The first-order valence-electron chi connectivity index (χ1n) is 9.88. The van der Waals surface area contributed by atoms with Crippen molar-refractivity contribution in [3.8, 4) is 5.75 Å². The molecule has 3 N–H and O–H groups in total. The second-order valence-corrected chi connectivity index (χ2v) is 6.94. The van der Waals surface area contributed by atoms with Crippen LogP contribution in [0.25, 0.3) is 0 Å². The van der Waals surface area contributed by atoms with Crippen LogP contribution in [0.2, 0.25) is 0 Å². The normalized spacial score (nSPS) is 10.5. The Kier molecular flexibility index (Phi) is 7.85.